The Balaban J connectivity index is 1.41. The van der Waals surface area contributed by atoms with Crippen LogP contribution in [0.3, 0.4) is 0 Å². The summed E-state index contributed by atoms with van der Waals surface area (Å²) in [6, 6.07) is 53.1. The maximum absolute atomic E-state index is 7.47. The first-order valence-electron chi connectivity index (χ1n) is 13.9. The van der Waals surface area contributed by atoms with Gasteiger partial charge in [0.05, 0.1) is 6.04 Å². The van der Waals surface area contributed by atoms with E-state index in [0.717, 1.165) is 13.0 Å². The molecule has 0 spiro atoms. The molecule has 7 rings (SSSR count). The molecule has 0 N–H and O–H groups in total. The van der Waals surface area contributed by atoms with Crippen LogP contribution in [-0.2, 0) is 10.3 Å². The molecule has 0 bridgehead atoms. The van der Waals surface area contributed by atoms with Crippen LogP contribution in [0.1, 0.15) is 35.8 Å². The molecule has 2 heterocycles. The van der Waals surface area contributed by atoms with Crippen LogP contribution in [0.2, 0.25) is 0 Å². The van der Waals surface area contributed by atoms with Gasteiger partial charge in [0.15, 0.2) is 0 Å². The van der Waals surface area contributed by atoms with Gasteiger partial charge in [-0.15, -0.1) is 0 Å². The predicted molar refractivity (Wildman–Crippen MR) is 162 cm³/mol. The van der Waals surface area contributed by atoms with E-state index in [0.29, 0.717) is 0 Å². The van der Waals surface area contributed by atoms with Gasteiger partial charge in [0.2, 0.25) is 0 Å². The Morgan fingerprint density at radius 1 is 0.590 bits per heavy atom. The van der Waals surface area contributed by atoms with Crippen LogP contribution in [0.15, 0.2) is 146 Å². The summed E-state index contributed by atoms with van der Waals surface area (Å²) in [5.41, 5.74) is 3.25. The van der Waals surface area contributed by atoms with Crippen molar-refractivity contribution in [3.63, 3.8) is 0 Å². The van der Waals surface area contributed by atoms with Gasteiger partial charge in [-0.3, -0.25) is 4.90 Å². The second-order valence-corrected chi connectivity index (χ2v) is 12.6. The van der Waals surface area contributed by atoms with Gasteiger partial charge < -0.3 is 4.74 Å². The van der Waals surface area contributed by atoms with Crippen LogP contribution in [0, 0.1) is 0 Å². The molecule has 0 amide bonds. The predicted octanol–water partition coefficient (Wildman–Crippen LogP) is 6.88. The Hall–Kier alpha value is -3.55. The van der Waals surface area contributed by atoms with E-state index in [2.05, 4.69) is 150 Å². The van der Waals surface area contributed by atoms with Crippen molar-refractivity contribution in [1.82, 2.24) is 4.90 Å². The van der Waals surface area contributed by atoms with Gasteiger partial charge in [-0.25, -0.2) is 0 Å². The number of fused-ring (bicyclic) bond motifs is 1. The smallest absolute Gasteiger partial charge is 0.139 e. The fourth-order valence-corrected chi connectivity index (χ4v) is 9.08. The number of nitrogens with zero attached hydrogens (tertiary/aromatic N) is 1. The third kappa shape index (κ3) is 4.24. The van der Waals surface area contributed by atoms with E-state index in [1.54, 1.807) is 0 Å². The normalized spacial score (nSPS) is 20.2. The number of rotatable bonds is 6. The molecular weight excluding hydrogens is 493 g/mol. The lowest BCUT2D eigenvalue weighted by Crippen LogP contribution is -2.40. The van der Waals surface area contributed by atoms with Crippen LogP contribution >= 0.6 is 7.92 Å². The van der Waals surface area contributed by atoms with Crippen molar-refractivity contribution < 1.29 is 4.74 Å². The van der Waals surface area contributed by atoms with Crippen molar-refractivity contribution in [3.05, 3.63) is 162 Å². The second-order valence-electron chi connectivity index (χ2n) is 10.4. The molecular formula is C36H32NOP. The largest absolute Gasteiger partial charge is 0.341 e. The highest BCUT2D eigenvalue weighted by Gasteiger charge is 2.57. The molecule has 5 aromatic rings. The van der Waals surface area contributed by atoms with E-state index in [9.17, 15) is 0 Å². The molecule has 3 heteroatoms. The third-order valence-corrected chi connectivity index (χ3v) is 10.8. The molecule has 0 aliphatic carbocycles. The summed E-state index contributed by atoms with van der Waals surface area (Å²) in [7, 11) is -0.747. The highest BCUT2D eigenvalue weighted by atomic mass is 31.1. The molecule has 2 saturated heterocycles. The highest BCUT2D eigenvalue weighted by Crippen LogP contribution is 2.54. The molecule has 2 unspecified atom stereocenters. The van der Waals surface area contributed by atoms with Crippen LogP contribution in [-0.4, -0.2) is 17.5 Å². The number of hydrogen-bond acceptors (Lipinski definition) is 2. The maximum atomic E-state index is 7.47. The lowest BCUT2D eigenvalue weighted by molar-refractivity contribution is -0.0460. The molecule has 39 heavy (non-hydrogen) atoms. The summed E-state index contributed by atoms with van der Waals surface area (Å²) in [6.07, 6.45) is 2.18. The van der Waals surface area contributed by atoms with E-state index >= 15 is 0 Å². The van der Waals surface area contributed by atoms with E-state index in [1.807, 2.05) is 0 Å². The van der Waals surface area contributed by atoms with Crippen LogP contribution in [0.25, 0.3) is 0 Å². The molecule has 0 saturated carbocycles. The minimum absolute atomic E-state index is 0.119. The van der Waals surface area contributed by atoms with Gasteiger partial charge in [0, 0.05) is 12.1 Å². The van der Waals surface area contributed by atoms with Gasteiger partial charge in [-0.05, 0) is 47.8 Å². The Morgan fingerprint density at radius 2 is 1.08 bits per heavy atom. The monoisotopic (exact) mass is 525 g/mol. The van der Waals surface area contributed by atoms with Crippen LogP contribution in [0.5, 0.6) is 0 Å². The van der Waals surface area contributed by atoms with Crippen molar-refractivity contribution in [2.75, 3.05) is 6.54 Å². The summed E-state index contributed by atoms with van der Waals surface area (Å²) in [5, 5.41) is 4.09. The lowest BCUT2D eigenvalue weighted by atomic mass is 9.79. The van der Waals surface area contributed by atoms with Crippen molar-refractivity contribution >= 4 is 23.8 Å². The molecule has 5 aromatic carbocycles. The Labute approximate surface area is 232 Å². The average Bonchev–Trinajstić information content (AvgIpc) is 3.63. The molecule has 192 valence electrons. The molecule has 2 nitrogen and oxygen atoms in total. The summed E-state index contributed by atoms with van der Waals surface area (Å²) in [4.78, 5) is 2.64. The van der Waals surface area contributed by atoms with Gasteiger partial charge in [0.25, 0.3) is 0 Å². The minimum Gasteiger partial charge on any atom is -0.341 e. The average molecular weight is 526 g/mol. The minimum atomic E-state index is -0.747. The Kier molecular flexibility index (Phi) is 6.62. The van der Waals surface area contributed by atoms with E-state index in [4.69, 9.17) is 4.74 Å². The van der Waals surface area contributed by atoms with Crippen LogP contribution < -0.4 is 15.9 Å². The number of hydrogen-bond donors (Lipinski definition) is 0. The number of ether oxygens (including phenoxy) is 1. The maximum Gasteiger partial charge on any atom is 0.139 e. The molecule has 2 atom stereocenters. The second kappa shape index (κ2) is 10.5. The lowest BCUT2D eigenvalue weighted by Gasteiger charge is -2.35. The fourth-order valence-electron chi connectivity index (χ4n) is 6.61. The summed E-state index contributed by atoms with van der Waals surface area (Å²) in [5.74, 6) is 0. The summed E-state index contributed by atoms with van der Waals surface area (Å²) in [6.45, 7) is 1.04. The van der Waals surface area contributed by atoms with Crippen molar-refractivity contribution in [2.24, 2.45) is 0 Å². The van der Waals surface area contributed by atoms with E-state index in [-0.39, 0.29) is 12.3 Å². The standard InChI is InChI=1S/C36H32NOP/c1-5-16-28(17-6-1)36(29-18-7-2-8-19-29)34-26-15-27-37(34)35(38-36)32-24-13-14-25-33(32)39(30-20-9-3-10-21-30)31-22-11-4-12-23-31/h1-14,16-25,34-35H,15,26-27H2. The van der Waals surface area contributed by atoms with E-state index in [1.165, 1.54) is 39.0 Å². The SMILES string of the molecule is c1ccc(P(c2ccccc2)c2ccccc2C2OC(c3ccccc3)(c3ccccc3)C3CCCN23)cc1. The van der Waals surface area contributed by atoms with E-state index < -0.39 is 13.5 Å². The van der Waals surface area contributed by atoms with Crippen molar-refractivity contribution in [3.8, 4) is 0 Å². The highest BCUT2D eigenvalue weighted by molar-refractivity contribution is 7.79. The topological polar surface area (TPSA) is 12.5 Å². The Bertz CT molecular complexity index is 1450. The zero-order chi connectivity index (χ0) is 26.1. The van der Waals surface area contributed by atoms with Gasteiger partial charge >= 0.3 is 0 Å². The van der Waals surface area contributed by atoms with Crippen molar-refractivity contribution in [1.29, 1.82) is 0 Å². The van der Waals surface area contributed by atoms with Gasteiger partial charge in [-0.1, -0.05) is 146 Å². The number of benzene rings is 5. The quantitative estimate of drug-likeness (QED) is 0.224. The zero-order valence-corrected chi connectivity index (χ0v) is 22.8. The third-order valence-electron chi connectivity index (χ3n) is 8.24. The first-order valence-corrected chi connectivity index (χ1v) is 15.2. The molecule has 0 radical (unpaired) electrons. The zero-order valence-electron chi connectivity index (χ0n) is 21.9. The molecule has 2 aliphatic rings. The van der Waals surface area contributed by atoms with Gasteiger partial charge in [0.1, 0.15) is 11.8 Å². The molecule has 0 aromatic heterocycles. The van der Waals surface area contributed by atoms with Crippen molar-refractivity contribution in [2.45, 2.75) is 30.7 Å². The van der Waals surface area contributed by atoms with Crippen LogP contribution in [0.4, 0.5) is 0 Å². The summed E-state index contributed by atoms with van der Waals surface area (Å²) < 4.78 is 7.47. The Morgan fingerprint density at radius 3 is 1.64 bits per heavy atom. The molecule has 2 fully saturated rings. The first kappa shape index (κ1) is 24.5. The first-order chi connectivity index (χ1) is 19.4. The fraction of sp³-hybridized carbons (Fsp3) is 0.167. The molecule has 2 aliphatic heterocycles. The summed E-state index contributed by atoms with van der Waals surface area (Å²) >= 11 is 0. The van der Waals surface area contributed by atoms with Gasteiger partial charge in [-0.2, -0.15) is 0 Å².